The largest absolute Gasteiger partial charge is 0.491 e. The van der Waals surface area contributed by atoms with Crippen molar-refractivity contribution in [2.75, 3.05) is 13.2 Å². The average molecular weight is 347 g/mol. The summed E-state index contributed by atoms with van der Waals surface area (Å²) in [4.78, 5) is 11.8. The first-order valence-electron chi connectivity index (χ1n) is 6.34. The molecule has 0 fully saturated rings. The highest BCUT2D eigenvalue weighted by molar-refractivity contribution is 9.10. The van der Waals surface area contributed by atoms with Crippen LogP contribution in [0.15, 0.2) is 16.6 Å². The zero-order valence-electron chi connectivity index (χ0n) is 11.0. The van der Waals surface area contributed by atoms with Gasteiger partial charge in [0.1, 0.15) is 18.2 Å². The molecule has 1 aromatic rings. The monoisotopic (exact) mass is 346 g/mol. The lowest BCUT2D eigenvalue weighted by atomic mass is 10.1. The van der Waals surface area contributed by atoms with Crippen molar-refractivity contribution in [2.45, 2.75) is 25.4 Å². The van der Waals surface area contributed by atoms with E-state index < -0.39 is 5.82 Å². The molecule has 0 aliphatic carbocycles. The third-order valence-electron chi connectivity index (χ3n) is 3.19. The van der Waals surface area contributed by atoms with Crippen molar-refractivity contribution in [1.82, 2.24) is 10.6 Å². The van der Waals surface area contributed by atoms with E-state index in [4.69, 9.17) is 9.84 Å². The van der Waals surface area contributed by atoms with Crippen LogP contribution in [0.25, 0.3) is 0 Å². The van der Waals surface area contributed by atoms with E-state index in [1.54, 1.807) is 6.07 Å². The third-order valence-corrected chi connectivity index (χ3v) is 3.80. The Balaban J connectivity index is 2.03. The van der Waals surface area contributed by atoms with Crippen molar-refractivity contribution < 1.29 is 19.0 Å². The summed E-state index contributed by atoms with van der Waals surface area (Å²) in [5.74, 6) is 0.0328. The fourth-order valence-electron chi connectivity index (χ4n) is 1.99. The number of nitrogens with one attached hydrogen (secondary N) is 2. The summed E-state index contributed by atoms with van der Waals surface area (Å²) in [6, 6.07) is 1.90. The second-order valence-corrected chi connectivity index (χ2v) is 5.43. The number of hydrogen-bond acceptors (Lipinski definition) is 3. The first-order valence-corrected chi connectivity index (χ1v) is 7.14. The smallest absolute Gasteiger partial charge is 0.315 e. The molecule has 1 aromatic carbocycles. The van der Waals surface area contributed by atoms with E-state index in [0.717, 1.165) is 5.56 Å². The summed E-state index contributed by atoms with van der Waals surface area (Å²) in [5.41, 5.74) is 0.727. The Kier molecular flexibility index (Phi) is 4.82. The topological polar surface area (TPSA) is 70.6 Å². The lowest BCUT2D eigenvalue weighted by molar-refractivity contribution is 0.209. The van der Waals surface area contributed by atoms with Crippen LogP contribution in [0.3, 0.4) is 0 Å². The van der Waals surface area contributed by atoms with Gasteiger partial charge < -0.3 is 20.5 Å². The molecule has 0 aromatic heterocycles. The van der Waals surface area contributed by atoms with Crippen LogP contribution < -0.4 is 15.4 Å². The van der Waals surface area contributed by atoms with E-state index in [-0.39, 0.29) is 31.3 Å². The predicted molar refractivity (Wildman–Crippen MR) is 75.2 cm³/mol. The fourth-order valence-corrected chi connectivity index (χ4v) is 2.35. The van der Waals surface area contributed by atoms with Gasteiger partial charge in [-0.15, -0.1) is 0 Å². The molecule has 1 heterocycles. The van der Waals surface area contributed by atoms with E-state index in [2.05, 4.69) is 26.6 Å². The maximum atomic E-state index is 13.4. The van der Waals surface area contributed by atoms with Gasteiger partial charge in [-0.3, -0.25) is 0 Å². The van der Waals surface area contributed by atoms with Crippen molar-refractivity contribution in [1.29, 1.82) is 0 Å². The summed E-state index contributed by atoms with van der Waals surface area (Å²) in [5, 5.41) is 14.5. The van der Waals surface area contributed by atoms with E-state index in [0.29, 0.717) is 16.6 Å². The molecular weight excluding hydrogens is 331 g/mol. The van der Waals surface area contributed by atoms with Crippen LogP contribution in [-0.4, -0.2) is 30.4 Å². The fraction of sp³-hybridized carbons (Fsp3) is 0.462. The molecular formula is C13H16BrFN2O3. The summed E-state index contributed by atoms with van der Waals surface area (Å²) >= 11 is 3.11. The number of hydrogen-bond donors (Lipinski definition) is 3. The number of carbonyl (C=O) groups is 1. The Bertz CT molecular complexity index is 509. The van der Waals surface area contributed by atoms with Gasteiger partial charge in [0.2, 0.25) is 0 Å². The Hall–Kier alpha value is -1.34. The van der Waals surface area contributed by atoms with Crippen molar-refractivity contribution in [3.05, 3.63) is 28.0 Å². The molecule has 2 amide bonds. The SMILES string of the molecule is CC[C@H](CO)NC(=O)N[C@@H]1COc2cc(F)c(Br)cc21. The van der Waals surface area contributed by atoms with Gasteiger partial charge in [-0.25, -0.2) is 9.18 Å². The highest BCUT2D eigenvalue weighted by atomic mass is 79.9. The van der Waals surface area contributed by atoms with Crippen molar-refractivity contribution >= 4 is 22.0 Å². The van der Waals surface area contributed by atoms with E-state index >= 15 is 0 Å². The molecule has 1 aliphatic rings. The third kappa shape index (κ3) is 3.21. The van der Waals surface area contributed by atoms with E-state index in [9.17, 15) is 9.18 Å². The van der Waals surface area contributed by atoms with E-state index in [1.807, 2.05) is 6.92 Å². The maximum Gasteiger partial charge on any atom is 0.315 e. The van der Waals surface area contributed by atoms with Crippen LogP contribution in [0.2, 0.25) is 0 Å². The molecule has 110 valence electrons. The summed E-state index contributed by atoms with van der Waals surface area (Å²) in [6.07, 6.45) is 0.637. The second kappa shape index (κ2) is 6.41. The number of fused-ring (bicyclic) bond motifs is 1. The summed E-state index contributed by atoms with van der Waals surface area (Å²) in [7, 11) is 0. The van der Waals surface area contributed by atoms with Crippen LogP contribution in [0.5, 0.6) is 5.75 Å². The summed E-state index contributed by atoms with van der Waals surface area (Å²) < 4.78 is 19.1. The number of benzene rings is 1. The Morgan fingerprint density at radius 3 is 3.05 bits per heavy atom. The molecule has 0 saturated heterocycles. The van der Waals surface area contributed by atoms with Gasteiger partial charge in [-0.05, 0) is 28.4 Å². The van der Waals surface area contributed by atoms with Crippen LogP contribution in [0.1, 0.15) is 24.9 Å². The Morgan fingerprint density at radius 2 is 2.40 bits per heavy atom. The molecule has 0 saturated carbocycles. The number of amides is 2. The lowest BCUT2D eigenvalue weighted by Gasteiger charge is -2.17. The van der Waals surface area contributed by atoms with Gasteiger partial charge in [0.05, 0.1) is 23.2 Å². The van der Waals surface area contributed by atoms with Crippen molar-refractivity contribution in [3.63, 3.8) is 0 Å². The first kappa shape index (κ1) is 15.1. The highest BCUT2D eigenvalue weighted by Gasteiger charge is 2.27. The number of halogens is 2. The molecule has 2 rings (SSSR count). The minimum Gasteiger partial charge on any atom is -0.491 e. The minimum atomic E-state index is -0.403. The van der Waals surface area contributed by atoms with Gasteiger partial charge in [0, 0.05) is 11.6 Å². The van der Waals surface area contributed by atoms with Gasteiger partial charge >= 0.3 is 6.03 Å². The molecule has 5 nitrogen and oxygen atoms in total. The normalized spacial score (nSPS) is 18.1. The van der Waals surface area contributed by atoms with E-state index in [1.165, 1.54) is 6.07 Å². The Morgan fingerprint density at radius 1 is 1.65 bits per heavy atom. The molecule has 20 heavy (non-hydrogen) atoms. The van der Waals surface area contributed by atoms with Crippen molar-refractivity contribution in [2.24, 2.45) is 0 Å². The van der Waals surface area contributed by atoms with Crippen LogP contribution >= 0.6 is 15.9 Å². The number of aliphatic hydroxyl groups is 1. The molecule has 2 atom stereocenters. The zero-order valence-corrected chi connectivity index (χ0v) is 12.5. The number of carbonyl (C=O) groups excluding carboxylic acids is 1. The molecule has 0 radical (unpaired) electrons. The Labute approximate surface area is 124 Å². The van der Waals surface area contributed by atoms with Gasteiger partial charge in [-0.2, -0.15) is 0 Å². The molecule has 0 unspecified atom stereocenters. The molecule has 7 heteroatoms. The summed E-state index contributed by atoms with van der Waals surface area (Å²) in [6.45, 7) is 2.02. The number of aliphatic hydroxyl groups excluding tert-OH is 1. The zero-order chi connectivity index (χ0) is 14.7. The molecule has 3 N–H and O–H groups in total. The first-order chi connectivity index (χ1) is 9.55. The van der Waals surface area contributed by atoms with Crippen LogP contribution in [0, 0.1) is 5.82 Å². The minimum absolute atomic E-state index is 0.113. The van der Waals surface area contributed by atoms with Crippen molar-refractivity contribution in [3.8, 4) is 5.75 Å². The standard InChI is InChI=1S/C13H16BrFN2O3/c1-2-7(5-18)16-13(19)17-11-6-20-12-4-10(15)9(14)3-8(11)12/h3-4,7,11,18H,2,5-6H2,1H3,(H2,16,17,19)/t7-,11-/m1/s1. The average Bonchev–Trinajstić information content (AvgIpc) is 2.79. The quantitative estimate of drug-likeness (QED) is 0.781. The van der Waals surface area contributed by atoms with Crippen LogP contribution in [0.4, 0.5) is 9.18 Å². The number of rotatable bonds is 4. The number of ether oxygens (including phenoxy) is 1. The number of urea groups is 1. The maximum absolute atomic E-state index is 13.4. The van der Waals surface area contributed by atoms with Gasteiger partial charge in [0.15, 0.2) is 0 Å². The van der Waals surface area contributed by atoms with Gasteiger partial charge in [0.25, 0.3) is 0 Å². The molecule has 0 bridgehead atoms. The highest BCUT2D eigenvalue weighted by Crippen LogP contribution is 2.35. The molecule has 0 spiro atoms. The predicted octanol–water partition coefficient (Wildman–Crippen LogP) is 2.09. The lowest BCUT2D eigenvalue weighted by Crippen LogP contribution is -2.45. The van der Waals surface area contributed by atoms with Crippen LogP contribution in [-0.2, 0) is 0 Å². The molecule has 1 aliphatic heterocycles. The second-order valence-electron chi connectivity index (χ2n) is 4.57. The van der Waals surface area contributed by atoms with Gasteiger partial charge in [-0.1, -0.05) is 6.92 Å².